The summed E-state index contributed by atoms with van der Waals surface area (Å²) in [5.74, 6) is -1.48. The zero-order chi connectivity index (χ0) is 13.6. The van der Waals surface area contributed by atoms with Crippen molar-refractivity contribution in [1.29, 1.82) is 0 Å². The van der Waals surface area contributed by atoms with Gasteiger partial charge >= 0.3 is 5.97 Å². The summed E-state index contributed by atoms with van der Waals surface area (Å²) < 4.78 is 29.7. The van der Waals surface area contributed by atoms with Crippen LogP contribution in [0.4, 0.5) is 0 Å². The molecule has 0 saturated heterocycles. The average Bonchev–Trinajstić information content (AvgIpc) is 2.36. The third-order valence-electron chi connectivity index (χ3n) is 2.36. The molecule has 7 heteroatoms. The molecule has 0 aliphatic rings. The summed E-state index contributed by atoms with van der Waals surface area (Å²) in [5.41, 5.74) is 7.19. The summed E-state index contributed by atoms with van der Waals surface area (Å²) in [6.07, 6.45) is 0. The molecule has 1 aromatic rings. The van der Waals surface area contributed by atoms with Crippen molar-refractivity contribution < 1.29 is 17.9 Å². The maximum Gasteiger partial charge on any atom is 0.322 e. The molecule has 3 N–H and O–H groups in total. The van der Waals surface area contributed by atoms with Crippen LogP contribution in [-0.2, 0) is 32.6 Å². The van der Waals surface area contributed by atoms with Crippen LogP contribution in [0.2, 0.25) is 0 Å². The lowest BCUT2D eigenvalue weighted by Gasteiger charge is -2.09. The highest BCUT2D eigenvalue weighted by molar-refractivity contribution is 7.90. The number of nitrogens with two attached hydrogens (primary N) is 1. The number of rotatable bonds is 6. The number of benzene rings is 1. The molecule has 0 amide bonds. The van der Waals surface area contributed by atoms with E-state index in [4.69, 9.17) is 5.73 Å². The van der Waals surface area contributed by atoms with Crippen LogP contribution >= 0.6 is 0 Å². The normalized spacial score (nSPS) is 11.2. The second-order valence-electron chi connectivity index (χ2n) is 3.63. The lowest BCUT2D eigenvalue weighted by Crippen LogP contribution is -2.30. The van der Waals surface area contributed by atoms with Crippen molar-refractivity contribution >= 4 is 16.0 Å². The van der Waals surface area contributed by atoms with Gasteiger partial charge in [-0.2, -0.15) is 0 Å². The van der Waals surface area contributed by atoms with E-state index in [0.29, 0.717) is 6.54 Å². The highest BCUT2D eigenvalue weighted by atomic mass is 32.2. The summed E-state index contributed by atoms with van der Waals surface area (Å²) in [4.78, 5) is 10.9. The smallest absolute Gasteiger partial charge is 0.322 e. The second-order valence-corrected chi connectivity index (χ2v) is 5.44. The molecule has 0 heterocycles. The van der Waals surface area contributed by atoms with Crippen LogP contribution in [0.5, 0.6) is 0 Å². The third kappa shape index (κ3) is 4.44. The van der Waals surface area contributed by atoms with E-state index in [9.17, 15) is 13.2 Å². The molecule has 0 aromatic heterocycles. The first-order chi connectivity index (χ1) is 8.48. The van der Waals surface area contributed by atoms with Gasteiger partial charge in [0.05, 0.1) is 7.11 Å². The summed E-state index contributed by atoms with van der Waals surface area (Å²) >= 11 is 0. The molecule has 0 saturated carbocycles. The Morgan fingerprint density at radius 1 is 1.33 bits per heavy atom. The van der Waals surface area contributed by atoms with Gasteiger partial charge in [-0.3, -0.25) is 4.79 Å². The highest BCUT2D eigenvalue weighted by Crippen LogP contribution is 2.07. The average molecular weight is 272 g/mol. The molecule has 0 spiro atoms. The maximum absolute atomic E-state index is 11.5. The van der Waals surface area contributed by atoms with E-state index in [1.807, 2.05) is 12.1 Å². The minimum Gasteiger partial charge on any atom is -0.468 e. The fourth-order valence-corrected chi connectivity index (χ4v) is 2.29. The molecule has 1 aromatic carbocycles. The highest BCUT2D eigenvalue weighted by Gasteiger charge is 2.16. The molecular formula is C11H16N2O4S. The first kappa shape index (κ1) is 14.6. The quantitative estimate of drug-likeness (QED) is 0.695. The minimum absolute atomic E-state index is 0.104. The van der Waals surface area contributed by atoms with Gasteiger partial charge in [0.2, 0.25) is 10.0 Å². The largest absolute Gasteiger partial charge is 0.468 e. The topological polar surface area (TPSA) is 98.5 Å². The third-order valence-corrected chi connectivity index (χ3v) is 3.56. The van der Waals surface area contributed by atoms with Crippen LogP contribution in [0.25, 0.3) is 0 Å². The van der Waals surface area contributed by atoms with Crippen LogP contribution in [-0.4, -0.2) is 27.2 Å². The van der Waals surface area contributed by atoms with E-state index in [2.05, 4.69) is 9.46 Å². The number of hydrogen-bond acceptors (Lipinski definition) is 5. The minimum atomic E-state index is -3.68. The Labute approximate surface area is 106 Å². The Hall–Kier alpha value is -1.44. The number of ether oxygens (including phenoxy) is 1. The molecule has 1 rings (SSSR count). The van der Waals surface area contributed by atoms with Crippen molar-refractivity contribution in [3.8, 4) is 0 Å². The van der Waals surface area contributed by atoms with Gasteiger partial charge in [-0.25, -0.2) is 13.1 Å². The Bertz CT molecular complexity index is 514. The fourth-order valence-electron chi connectivity index (χ4n) is 1.38. The Kier molecular flexibility index (Phi) is 5.26. The molecule has 0 fully saturated rings. The summed E-state index contributed by atoms with van der Waals surface area (Å²) in [5, 5.41) is 0. The van der Waals surface area contributed by atoms with Crippen LogP contribution in [0.1, 0.15) is 11.1 Å². The van der Waals surface area contributed by atoms with E-state index in [1.54, 1.807) is 12.1 Å². The number of carbonyl (C=O) groups excluding carboxylic acids is 1. The second kappa shape index (κ2) is 6.48. The molecular weight excluding hydrogens is 256 g/mol. The molecule has 0 radical (unpaired) electrons. The first-order valence-corrected chi connectivity index (χ1v) is 6.94. The van der Waals surface area contributed by atoms with E-state index in [0.717, 1.165) is 18.2 Å². The van der Waals surface area contributed by atoms with Crippen molar-refractivity contribution in [2.75, 3.05) is 12.9 Å². The van der Waals surface area contributed by atoms with Gasteiger partial charge in [0.15, 0.2) is 5.75 Å². The van der Waals surface area contributed by atoms with Gasteiger partial charge in [0.25, 0.3) is 0 Å². The summed E-state index contributed by atoms with van der Waals surface area (Å²) in [6.45, 7) is 0.432. The Balaban J connectivity index is 2.67. The lowest BCUT2D eigenvalue weighted by atomic mass is 10.1. The van der Waals surface area contributed by atoms with Gasteiger partial charge in [-0.15, -0.1) is 0 Å². The lowest BCUT2D eigenvalue weighted by molar-refractivity contribution is -0.137. The predicted octanol–water partition coefficient (Wildman–Crippen LogP) is -0.262. The Morgan fingerprint density at radius 2 is 1.94 bits per heavy atom. The van der Waals surface area contributed by atoms with Crippen LogP contribution in [0, 0.1) is 0 Å². The Morgan fingerprint density at radius 3 is 2.50 bits per heavy atom. The number of hydrogen-bond donors (Lipinski definition) is 2. The van der Waals surface area contributed by atoms with E-state index in [1.165, 1.54) is 0 Å². The van der Waals surface area contributed by atoms with Gasteiger partial charge in [-0.05, 0) is 11.1 Å². The molecule has 0 atom stereocenters. The molecule has 18 heavy (non-hydrogen) atoms. The van der Waals surface area contributed by atoms with Crippen molar-refractivity contribution in [3.05, 3.63) is 35.4 Å². The molecule has 0 aliphatic heterocycles. The van der Waals surface area contributed by atoms with Crippen molar-refractivity contribution in [2.24, 2.45) is 5.73 Å². The zero-order valence-corrected chi connectivity index (χ0v) is 10.9. The van der Waals surface area contributed by atoms with Crippen molar-refractivity contribution in [3.63, 3.8) is 0 Å². The number of esters is 1. The molecule has 0 aliphatic carbocycles. The van der Waals surface area contributed by atoms with Crippen molar-refractivity contribution in [2.45, 2.75) is 13.1 Å². The van der Waals surface area contributed by atoms with Gasteiger partial charge in [-0.1, -0.05) is 24.3 Å². The monoisotopic (exact) mass is 272 g/mol. The van der Waals surface area contributed by atoms with Gasteiger partial charge < -0.3 is 10.5 Å². The summed E-state index contributed by atoms with van der Waals surface area (Å²) in [7, 11) is -2.54. The number of carbonyl (C=O) groups is 1. The SMILES string of the molecule is COC(=O)CS(=O)(=O)NCc1ccccc1CN. The number of sulfonamides is 1. The molecule has 100 valence electrons. The van der Waals surface area contributed by atoms with E-state index >= 15 is 0 Å². The standard InChI is InChI=1S/C11H16N2O4S/c1-17-11(14)8-18(15,16)13-7-10-5-3-2-4-9(10)6-12/h2-5,13H,6-8,12H2,1H3. The van der Waals surface area contributed by atoms with E-state index < -0.39 is 21.7 Å². The number of nitrogens with one attached hydrogen (secondary N) is 1. The number of methoxy groups -OCH3 is 1. The first-order valence-electron chi connectivity index (χ1n) is 5.29. The predicted molar refractivity (Wildman–Crippen MR) is 67.0 cm³/mol. The molecule has 0 bridgehead atoms. The zero-order valence-electron chi connectivity index (χ0n) is 10.0. The van der Waals surface area contributed by atoms with E-state index in [-0.39, 0.29) is 6.54 Å². The van der Waals surface area contributed by atoms with Crippen LogP contribution in [0.15, 0.2) is 24.3 Å². The van der Waals surface area contributed by atoms with Crippen molar-refractivity contribution in [1.82, 2.24) is 4.72 Å². The van der Waals surface area contributed by atoms with Gasteiger partial charge in [0, 0.05) is 13.1 Å². The maximum atomic E-state index is 11.5. The molecule has 6 nitrogen and oxygen atoms in total. The van der Waals surface area contributed by atoms with Crippen LogP contribution < -0.4 is 10.5 Å². The fraction of sp³-hybridized carbons (Fsp3) is 0.364. The summed E-state index contributed by atoms with van der Waals surface area (Å²) in [6, 6.07) is 7.23. The van der Waals surface area contributed by atoms with Crippen LogP contribution in [0.3, 0.4) is 0 Å². The molecule has 0 unspecified atom stereocenters. The van der Waals surface area contributed by atoms with Gasteiger partial charge in [0.1, 0.15) is 0 Å².